The number of carbonyl (C=O) groups is 2. The highest BCUT2D eigenvalue weighted by Crippen LogP contribution is 2.16. The molecule has 0 atom stereocenters. The molecule has 0 saturated carbocycles. The molecule has 0 aromatic heterocycles. The minimum absolute atomic E-state index is 0.0558. The highest BCUT2D eigenvalue weighted by atomic mass is 19.1. The van der Waals surface area contributed by atoms with Crippen molar-refractivity contribution in [3.05, 3.63) is 59.4 Å². The number of nitrogens with one attached hydrogen (secondary N) is 2. The zero-order valence-electron chi connectivity index (χ0n) is 13.3. The molecule has 2 N–H and O–H groups in total. The summed E-state index contributed by atoms with van der Waals surface area (Å²) in [7, 11) is 2.70. The number of ether oxygens (including phenoxy) is 2. The first-order valence-electron chi connectivity index (χ1n) is 7.09. The van der Waals surface area contributed by atoms with Crippen molar-refractivity contribution in [2.75, 3.05) is 19.5 Å². The van der Waals surface area contributed by atoms with Gasteiger partial charge in [0.15, 0.2) is 0 Å². The van der Waals surface area contributed by atoms with Crippen molar-refractivity contribution < 1.29 is 23.5 Å². The number of hydrogen-bond acceptors (Lipinski definition) is 4. The van der Waals surface area contributed by atoms with Gasteiger partial charge in [0.25, 0.3) is 5.91 Å². The second kappa shape index (κ2) is 7.96. The van der Waals surface area contributed by atoms with E-state index in [2.05, 4.69) is 15.4 Å². The molecule has 0 bridgehead atoms. The normalized spacial score (nSPS) is 9.96. The van der Waals surface area contributed by atoms with Crippen LogP contribution in [0.3, 0.4) is 0 Å². The zero-order valence-corrected chi connectivity index (χ0v) is 13.3. The quantitative estimate of drug-likeness (QED) is 0.882. The third-order valence-electron chi connectivity index (χ3n) is 3.26. The Kier molecular flexibility index (Phi) is 5.73. The summed E-state index contributed by atoms with van der Waals surface area (Å²) in [5.41, 5.74) is 1.31. The standard InChI is InChI=1S/C17H17FN2O4/c1-23-13-7-8-14(15(18)9-13)16(21)19-10-11-3-5-12(6-4-11)20-17(22)24-2/h3-9H,10H2,1-2H3,(H,19,21)(H,20,22). The maximum Gasteiger partial charge on any atom is 0.411 e. The maximum absolute atomic E-state index is 13.8. The van der Waals surface area contributed by atoms with Crippen molar-refractivity contribution in [1.82, 2.24) is 5.32 Å². The number of benzene rings is 2. The van der Waals surface area contributed by atoms with E-state index in [1.165, 1.54) is 26.4 Å². The molecular weight excluding hydrogens is 315 g/mol. The largest absolute Gasteiger partial charge is 0.497 e. The lowest BCUT2D eigenvalue weighted by Crippen LogP contribution is -2.23. The minimum Gasteiger partial charge on any atom is -0.497 e. The fourth-order valence-corrected chi connectivity index (χ4v) is 1.96. The van der Waals surface area contributed by atoms with Gasteiger partial charge >= 0.3 is 6.09 Å². The summed E-state index contributed by atoms with van der Waals surface area (Å²) in [5, 5.41) is 5.15. The lowest BCUT2D eigenvalue weighted by atomic mass is 10.1. The Morgan fingerprint density at radius 3 is 2.38 bits per heavy atom. The van der Waals surface area contributed by atoms with Crippen molar-refractivity contribution in [2.24, 2.45) is 0 Å². The highest BCUT2D eigenvalue weighted by molar-refractivity contribution is 5.94. The predicted molar refractivity (Wildman–Crippen MR) is 86.6 cm³/mol. The number of rotatable bonds is 5. The van der Waals surface area contributed by atoms with Crippen LogP contribution in [0.5, 0.6) is 5.75 Å². The van der Waals surface area contributed by atoms with Crippen LogP contribution in [-0.4, -0.2) is 26.2 Å². The molecule has 2 aromatic carbocycles. The molecule has 126 valence electrons. The molecule has 0 fully saturated rings. The van der Waals surface area contributed by atoms with Gasteiger partial charge in [-0.05, 0) is 29.8 Å². The summed E-state index contributed by atoms with van der Waals surface area (Å²) in [6.07, 6.45) is -0.564. The molecule has 2 rings (SSSR count). The molecule has 2 amide bonds. The van der Waals surface area contributed by atoms with Gasteiger partial charge in [-0.15, -0.1) is 0 Å². The van der Waals surface area contributed by atoms with Crippen LogP contribution in [0.4, 0.5) is 14.9 Å². The van der Waals surface area contributed by atoms with Crippen molar-refractivity contribution in [1.29, 1.82) is 0 Å². The molecule has 0 aliphatic heterocycles. The Hall–Kier alpha value is -3.09. The predicted octanol–water partition coefficient (Wildman–Crippen LogP) is 2.94. The minimum atomic E-state index is -0.649. The van der Waals surface area contributed by atoms with Gasteiger partial charge < -0.3 is 14.8 Å². The van der Waals surface area contributed by atoms with Crippen molar-refractivity contribution >= 4 is 17.7 Å². The molecule has 0 aliphatic rings. The first-order chi connectivity index (χ1) is 11.5. The number of hydrogen-bond donors (Lipinski definition) is 2. The lowest BCUT2D eigenvalue weighted by molar-refractivity contribution is 0.0946. The monoisotopic (exact) mass is 332 g/mol. The fraction of sp³-hybridized carbons (Fsp3) is 0.176. The van der Waals surface area contributed by atoms with Gasteiger partial charge in [0.1, 0.15) is 11.6 Å². The second-order valence-electron chi connectivity index (χ2n) is 4.84. The molecule has 0 saturated heterocycles. The van der Waals surface area contributed by atoms with Crippen LogP contribution >= 0.6 is 0 Å². The third kappa shape index (κ3) is 4.45. The van der Waals surface area contributed by atoms with Gasteiger partial charge in [-0.3, -0.25) is 10.1 Å². The molecule has 0 unspecified atom stereocenters. The fourth-order valence-electron chi connectivity index (χ4n) is 1.96. The summed E-state index contributed by atoms with van der Waals surface area (Å²) in [5.74, 6) is -0.825. The van der Waals surface area contributed by atoms with E-state index in [1.54, 1.807) is 24.3 Å². The van der Waals surface area contributed by atoms with Crippen LogP contribution in [0.15, 0.2) is 42.5 Å². The van der Waals surface area contributed by atoms with Crippen LogP contribution in [-0.2, 0) is 11.3 Å². The Labute approximate surface area is 138 Å². The van der Waals surface area contributed by atoms with Crippen molar-refractivity contribution in [3.63, 3.8) is 0 Å². The Bertz CT molecular complexity index is 732. The SMILES string of the molecule is COC(=O)Nc1ccc(CNC(=O)c2ccc(OC)cc2F)cc1. The molecule has 0 spiro atoms. The lowest BCUT2D eigenvalue weighted by Gasteiger charge is -2.08. The van der Waals surface area contributed by atoms with Gasteiger partial charge in [-0.2, -0.15) is 0 Å². The third-order valence-corrected chi connectivity index (χ3v) is 3.26. The first-order valence-corrected chi connectivity index (χ1v) is 7.09. The Morgan fingerprint density at radius 1 is 1.08 bits per heavy atom. The van der Waals surface area contributed by atoms with Gasteiger partial charge in [0.05, 0.1) is 19.8 Å². The van der Waals surface area contributed by atoms with Crippen molar-refractivity contribution in [3.8, 4) is 5.75 Å². The molecule has 0 radical (unpaired) electrons. The summed E-state index contributed by atoms with van der Waals surface area (Å²) in [6.45, 7) is 0.225. The Morgan fingerprint density at radius 2 is 1.79 bits per heavy atom. The number of anilines is 1. The topological polar surface area (TPSA) is 76.7 Å². The molecule has 2 aromatic rings. The summed E-state index contributed by atoms with van der Waals surface area (Å²) in [4.78, 5) is 23.1. The number of halogens is 1. The van der Waals surface area contributed by atoms with Crippen LogP contribution in [0.25, 0.3) is 0 Å². The van der Waals surface area contributed by atoms with Crippen LogP contribution < -0.4 is 15.4 Å². The number of amides is 2. The average molecular weight is 332 g/mol. The van der Waals surface area contributed by atoms with E-state index in [4.69, 9.17) is 4.74 Å². The Balaban J connectivity index is 1.95. The molecule has 0 heterocycles. The second-order valence-corrected chi connectivity index (χ2v) is 4.84. The number of carbonyl (C=O) groups excluding carboxylic acids is 2. The van der Waals surface area contributed by atoms with Crippen LogP contribution in [0.2, 0.25) is 0 Å². The summed E-state index contributed by atoms with van der Waals surface area (Å²) >= 11 is 0. The van der Waals surface area contributed by atoms with Gasteiger partial charge in [-0.25, -0.2) is 9.18 Å². The van der Waals surface area contributed by atoms with E-state index < -0.39 is 17.8 Å². The van der Waals surface area contributed by atoms with Gasteiger partial charge in [-0.1, -0.05) is 12.1 Å². The number of methoxy groups -OCH3 is 2. The average Bonchev–Trinajstić information content (AvgIpc) is 2.60. The smallest absolute Gasteiger partial charge is 0.411 e. The van der Waals surface area contributed by atoms with E-state index in [9.17, 15) is 14.0 Å². The van der Waals surface area contributed by atoms with Gasteiger partial charge in [0, 0.05) is 18.3 Å². The summed E-state index contributed by atoms with van der Waals surface area (Å²) < 4.78 is 23.2. The van der Waals surface area contributed by atoms with Gasteiger partial charge in [0.2, 0.25) is 0 Å². The molecule has 0 aliphatic carbocycles. The van der Waals surface area contributed by atoms with E-state index in [0.29, 0.717) is 11.4 Å². The first kappa shape index (κ1) is 17.3. The molecule has 6 nitrogen and oxygen atoms in total. The molecule has 7 heteroatoms. The van der Waals surface area contributed by atoms with Crippen molar-refractivity contribution in [2.45, 2.75) is 6.54 Å². The van der Waals surface area contributed by atoms with Crippen LogP contribution in [0.1, 0.15) is 15.9 Å². The van der Waals surface area contributed by atoms with E-state index in [1.807, 2.05) is 0 Å². The van der Waals surface area contributed by atoms with Crippen LogP contribution in [0, 0.1) is 5.82 Å². The molecular formula is C17H17FN2O4. The highest BCUT2D eigenvalue weighted by Gasteiger charge is 2.12. The zero-order chi connectivity index (χ0) is 17.5. The van der Waals surface area contributed by atoms with E-state index in [0.717, 1.165) is 11.6 Å². The maximum atomic E-state index is 13.8. The summed E-state index contributed by atoms with van der Waals surface area (Å²) in [6, 6.07) is 10.9. The van der Waals surface area contributed by atoms with E-state index >= 15 is 0 Å². The molecule has 24 heavy (non-hydrogen) atoms. The van der Waals surface area contributed by atoms with E-state index in [-0.39, 0.29) is 12.1 Å².